The first-order valence-corrected chi connectivity index (χ1v) is 8.93. The first-order valence-electron chi connectivity index (χ1n) is 8.93. The number of H-pyrrole nitrogens is 1. The lowest BCUT2D eigenvalue weighted by Crippen LogP contribution is -2.39. The summed E-state index contributed by atoms with van der Waals surface area (Å²) in [5.41, 5.74) is 1.56. The Morgan fingerprint density at radius 1 is 1.44 bits per heavy atom. The Kier molecular flexibility index (Phi) is 5.06. The molecule has 1 fully saturated rings. The second kappa shape index (κ2) is 7.25. The highest BCUT2D eigenvalue weighted by molar-refractivity contribution is 5.95. The third-order valence-corrected chi connectivity index (χ3v) is 5.08. The zero-order valence-electron chi connectivity index (χ0n) is 15.0. The molecule has 0 aromatic carbocycles. The molecule has 0 radical (unpaired) electrons. The van der Waals surface area contributed by atoms with Gasteiger partial charge in [0.2, 0.25) is 5.89 Å². The topological polar surface area (TPSA) is 97.0 Å². The predicted octanol–water partition coefficient (Wildman–Crippen LogP) is 2.25. The van der Waals surface area contributed by atoms with Gasteiger partial charge in [0.1, 0.15) is 0 Å². The molecular formula is C17H25N5O3. The molecule has 1 atom stereocenters. The molecule has 1 aliphatic heterocycles. The minimum atomic E-state index is -0.555. The van der Waals surface area contributed by atoms with E-state index in [9.17, 15) is 9.59 Å². The van der Waals surface area contributed by atoms with Gasteiger partial charge in [-0.25, -0.2) is 9.89 Å². The molecule has 0 saturated carbocycles. The zero-order chi connectivity index (χ0) is 18.0. The molecule has 1 unspecified atom stereocenters. The minimum Gasteiger partial charge on any atom is -0.392 e. The lowest BCUT2D eigenvalue weighted by atomic mass is 9.97. The summed E-state index contributed by atoms with van der Waals surface area (Å²) in [7, 11) is 0. The number of amides is 1. The van der Waals surface area contributed by atoms with Gasteiger partial charge >= 0.3 is 5.76 Å². The maximum absolute atomic E-state index is 13.0. The monoisotopic (exact) mass is 347 g/mol. The Hall–Kier alpha value is -2.38. The summed E-state index contributed by atoms with van der Waals surface area (Å²) in [5.74, 6) is -0.240. The van der Waals surface area contributed by atoms with E-state index in [4.69, 9.17) is 4.42 Å². The molecule has 8 nitrogen and oxygen atoms in total. The normalized spacial score (nSPS) is 18.1. The van der Waals surface area contributed by atoms with Crippen LogP contribution in [-0.4, -0.2) is 43.9 Å². The van der Waals surface area contributed by atoms with Crippen molar-refractivity contribution in [2.75, 3.05) is 13.1 Å². The van der Waals surface area contributed by atoms with Crippen molar-refractivity contribution in [3.8, 4) is 0 Å². The van der Waals surface area contributed by atoms with Gasteiger partial charge in [0.05, 0.1) is 23.7 Å². The SMILES string of the molecule is CCC(CC)n1ncc(C(=O)N2CCCC(c3n[nH]c(=O)o3)C2)c1C. The van der Waals surface area contributed by atoms with Gasteiger partial charge in [-0.1, -0.05) is 13.8 Å². The minimum absolute atomic E-state index is 0.0164. The maximum atomic E-state index is 13.0. The van der Waals surface area contributed by atoms with Crippen molar-refractivity contribution in [1.82, 2.24) is 24.9 Å². The maximum Gasteiger partial charge on any atom is 0.434 e. The average Bonchev–Trinajstić information content (AvgIpc) is 3.22. The van der Waals surface area contributed by atoms with Gasteiger partial charge in [-0.15, -0.1) is 5.10 Å². The standard InChI is InChI=1S/C17H25N5O3/c1-4-13(5-2)22-11(3)14(9-18-22)16(23)21-8-6-7-12(10-21)15-19-20-17(24)25-15/h9,12-13H,4-8,10H2,1-3H3,(H,20,24). The summed E-state index contributed by atoms with van der Waals surface area (Å²) in [5, 5.41) is 10.7. The molecule has 0 bridgehead atoms. The Bertz CT molecular complexity index is 786. The van der Waals surface area contributed by atoms with Gasteiger partial charge in [0.25, 0.3) is 5.91 Å². The highest BCUT2D eigenvalue weighted by atomic mass is 16.4. The summed E-state index contributed by atoms with van der Waals surface area (Å²) < 4.78 is 7.03. The molecule has 1 N–H and O–H groups in total. The van der Waals surface area contributed by atoms with Crippen LogP contribution in [0.4, 0.5) is 0 Å². The second-order valence-electron chi connectivity index (χ2n) is 6.60. The van der Waals surface area contributed by atoms with Crippen molar-refractivity contribution in [3.63, 3.8) is 0 Å². The zero-order valence-corrected chi connectivity index (χ0v) is 15.0. The van der Waals surface area contributed by atoms with E-state index < -0.39 is 5.76 Å². The Morgan fingerprint density at radius 3 is 2.84 bits per heavy atom. The quantitative estimate of drug-likeness (QED) is 0.895. The third kappa shape index (κ3) is 3.38. The molecule has 136 valence electrons. The van der Waals surface area contributed by atoms with Crippen LogP contribution in [0.3, 0.4) is 0 Å². The van der Waals surface area contributed by atoms with Gasteiger partial charge in [0, 0.05) is 18.8 Å². The molecule has 0 aliphatic carbocycles. The number of hydrogen-bond acceptors (Lipinski definition) is 5. The number of carbonyl (C=O) groups excluding carboxylic acids is 1. The molecular weight excluding hydrogens is 322 g/mol. The molecule has 3 rings (SSSR count). The van der Waals surface area contributed by atoms with E-state index in [-0.39, 0.29) is 11.8 Å². The second-order valence-corrected chi connectivity index (χ2v) is 6.60. The average molecular weight is 347 g/mol. The van der Waals surface area contributed by atoms with Gasteiger partial charge in [0.15, 0.2) is 0 Å². The molecule has 1 aliphatic rings. The Morgan fingerprint density at radius 2 is 2.20 bits per heavy atom. The summed E-state index contributed by atoms with van der Waals surface area (Å²) in [6, 6.07) is 0.314. The number of nitrogens with one attached hydrogen (secondary N) is 1. The molecule has 25 heavy (non-hydrogen) atoms. The Labute approximate surface area is 146 Å². The van der Waals surface area contributed by atoms with E-state index in [1.807, 2.05) is 16.5 Å². The summed E-state index contributed by atoms with van der Waals surface area (Å²) >= 11 is 0. The van der Waals surface area contributed by atoms with Crippen LogP contribution in [0, 0.1) is 6.92 Å². The van der Waals surface area contributed by atoms with Crippen LogP contribution in [-0.2, 0) is 0 Å². The Balaban J connectivity index is 1.77. The largest absolute Gasteiger partial charge is 0.434 e. The van der Waals surface area contributed by atoms with Crippen molar-refractivity contribution < 1.29 is 9.21 Å². The van der Waals surface area contributed by atoms with Crippen molar-refractivity contribution >= 4 is 5.91 Å². The highest BCUT2D eigenvalue weighted by Crippen LogP contribution is 2.27. The molecule has 2 aromatic rings. The fourth-order valence-corrected chi connectivity index (χ4v) is 3.59. The van der Waals surface area contributed by atoms with Crippen LogP contribution in [0.1, 0.15) is 73.4 Å². The number of nitrogens with zero attached hydrogens (tertiary/aromatic N) is 4. The van der Waals surface area contributed by atoms with E-state index in [0.29, 0.717) is 30.6 Å². The van der Waals surface area contributed by atoms with Crippen LogP contribution >= 0.6 is 0 Å². The van der Waals surface area contributed by atoms with Gasteiger partial charge in [-0.05, 0) is 32.6 Å². The van der Waals surface area contributed by atoms with Crippen LogP contribution in [0.25, 0.3) is 0 Å². The van der Waals surface area contributed by atoms with Crippen molar-refractivity contribution in [2.24, 2.45) is 0 Å². The fourth-order valence-electron chi connectivity index (χ4n) is 3.59. The van der Waals surface area contributed by atoms with Crippen LogP contribution < -0.4 is 5.76 Å². The number of aromatic amines is 1. The molecule has 0 spiro atoms. The predicted molar refractivity (Wildman–Crippen MR) is 91.6 cm³/mol. The first-order chi connectivity index (χ1) is 12.0. The summed E-state index contributed by atoms with van der Waals surface area (Å²) in [6.07, 6.45) is 5.35. The molecule has 1 amide bonds. The van der Waals surface area contributed by atoms with E-state index in [2.05, 4.69) is 29.1 Å². The molecule has 2 aromatic heterocycles. The highest BCUT2D eigenvalue weighted by Gasteiger charge is 2.30. The summed E-state index contributed by atoms with van der Waals surface area (Å²) in [6.45, 7) is 7.40. The number of rotatable bonds is 5. The number of likely N-dealkylation sites (tertiary alicyclic amines) is 1. The van der Waals surface area contributed by atoms with Gasteiger partial charge in [-0.3, -0.25) is 9.48 Å². The van der Waals surface area contributed by atoms with Crippen LogP contribution in [0.2, 0.25) is 0 Å². The fraction of sp³-hybridized carbons (Fsp3) is 0.647. The lowest BCUT2D eigenvalue weighted by molar-refractivity contribution is 0.0696. The number of piperidine rings is 1. The van der Waals surface area contributed by atoms with Crippen molar-refractivity contribution in [3.05, 3.63) is 33.9 Å². The van der Waals surface area contributed by atoms with E-state index in [1.54, 1.807) is 6.20 Å². The van der Waals surface area contributed by atoms with Gasteiger partial charge in [-0.2, -0.15) is 5.10 Å². The number of aromatic nitrogens is 4. The smallest absolute Gasteiger partial charge is 0.392 e. The van der Waals surface area contributed by atoms with E-state index in [0.717, 1.165) is 31.4 Å². The van der Waals surface area contributed by atoms with Crippen molar-refractivity contribution in [1.29, 1.82) is 0 Å². The number of carbonyl (C=O) groups is 1. The molecule has 3 heterocycles. The lowest BCUT2D eigenvalue weighted by Gasteiger charge is -2.31. The van der Waals surface area contributed by atoms with E-state index >= 15 is 0 Å². The van der Waals surface area contributed by atoms with Crippen molar-refractivity contribution in [2.45, 2.75) is 58.4 Å². The van der Waals surface area contributed by atoms with E-state index in [1.165, 1.54) is 0 Å². The first kappa shape index (κ1) is 17.4. The molecule has 1 saturated heterocycles. The van der Waals surface area contributed by atoms with Crippen LogP contribution in [0.5, 0.6) is 0 Å². The third-order valence-electron chi connectivity index (χ3n) is 5.08. The van der Waals surface area contributed by atoms with Crippen LogP contribution in [0.15, 0.2) is 15.4 Å². The number of hydrogen-bond donors (Lipinski definition) is 1. The summed E-state index contributed by atoms with van der Waals surface area (Å²) in [4.78, 5) is 25.9. The molecule has 8 heteroatoms. The van der Waals surface area contributed by atoms with Gasteiger partial charge < -0.3 is 9.32 Å².